The van der Waals surface area contributed by atoms with Gasteiger partial charge in [0.15, 0.2) is 5.01 Å². The molecule has 1 saturated heterocycles. The lowest BCUT2D eigenvalue weighted by atomic mass is 9.99. The van der Waals surface area contributed by atoms with E-state index < -0.39 is 10.0 Å². The van der Waals surface area contributed by atoms with Crippen LogP contribution in [0.2, 0.25) is 0 Å². The van der Waals surface area contributed by atoms with E-state index in [1.54, 1.807) is 28.8 Å². The molecular formula is C22H25N3O3S2. The third-order valence-corrected chi connectivity index (χ3v) is 8.70. The van der Waals surface area contributed by atoms with Crippen LogP contribution in [-0.2, 0) is 10.0 Å². The Bertz CT molecular complexity index is 1150. The zero-order chi connectivity index (χ0) is 21.3. The Hall–Kier alpha value is -2.29. The number of benzene rings is 2. The molecule has 30 heavy (non-hydrogen) atoms. The van der Waals surface area contributed by atoms with Crippen LogP contribution < -0.4 is 4.74 Å². The molecule has 0 atom stereocenters. The summed E-state index contributed by atoms with van der Waals surface area (Å²) in [5.41, 5.74) is 2.67. The Labute approximate surface area is 181 Å². The van der Waals surface area contributed by atoms with Crippen molar-refractivity contribution in [1.82, 2.24) is 14.5 Å². The summed E-state index contributed by atoms with van der Waals surface area (Å²) in [6, 6.07) is 13.3. The molecular weight excluding hydrogens is 418 g/mol. The summed E-state index contributed by atoms with van der Waals surface area (Å²) >= 11 is 1.56. The van der Waals surface area contributed by atoms with Gasteiger partial charge in [-0.3, -0.25) is 0 Å². The summed E-state index contributed by atoms with van der Waals surface area (Å²) < 4.78 is 33.3. The highest BCUT2D eigenvalue weighted by Crippen LogP contribution is 2.37. The van der Waals surface area contributed by atoms with Crippen LogP contribution in [-0.4, -0.2) is 43.1 Å². The normalized spacial score (nSPS) is 16.0. The van der Waals surface area contributed by atoms with E-state index in [0.717, 1.165) is 45.3 Å². The molecule has 1 aliphatic rings. The number of ether oxygens (including phenoxy) is 1. The van der Waals surface area contributed by atoms with E-state index in [4.69, 9.17) is 4.74 Å². The Morgan fingerprint density at radius 1 is 1.07 bits per heavy atom. The van der Waals surface area contributed by atoms with E-state index >= 15 is 0 Å². The molecule has 1 fully saturated rings. The predicted molar refractivity (Wildman–Crippen MR) is 119 cm³/mol. The van der Waals surface area contributed by atoms with Crippen molar-refractivity contribution in [2.45, 2.75) is 37.5 Å². The molecule has 0 spiro atoms. The third kappa shape index (κ3) is 3.99. The molecule has 0 amide bonds. The van der Waals surface area contributed by atoms with Gasteiger partial charge in [-0.1, -0.05) is 35.6 Å². The van der Waals surface area contributed by atoms with Gasteiger partial charge in [-0.15, -0.1) is 10.2 Å². The van der Waals surface area contributed by atoms with E-state index in [2.05, 4.69) is 10.2 Å². The van der Waals surface area contributed by atoms with Gasteiger partial charge in [0.1, 0.15) is 10.8 Å². The lowest BCUT2D eigenvalue weighted by Crippen LogP contribution is -2.38. The molecule has 3 aromatic rings. The van der Waals surface area contributed by atoms with Crippen LogP contribution in [0.4, 0.5) is 0 Å². The van der Waals surface area contributed by atoms with E-state index in [1.807, 2.05) is 50.2 Å². The first kappa shape index (κ1) is 21.0. The lowest BCUT2D eigenvalue weighted by Gasteiger charge is -2.30. The van der Waals surface area contributed by atoms with Crippen molar-refractivity contribution in [3.63, 3.8) is 0 Å². The number of aromatic nitrogens is 2. The second-order valence-electron chi connectivity index (χ2n) is 7.59. The third-order valence-electron chi connectivity index (χ3n) is 5.54. The van der Waals surface area contributed by atoms with Crippen LogP contribution in [0.5, 0.6) is 5.75 Å². The summed E-state index contributed by atoms with van der Waals surface area (Å²) in [6.07, 6.45) is 1.48. The molecule has 0 bridgehead atoms. The quantitative estimate of drug-likeness (QED) is 0.584. The molecule has 0 aliphatic carbocycles. The molecule has 2 heterocycles. The fraction of sp³-hybridized carbons (Fsp3) is 0.364. The van der Waals surface area contributed by atoms with E-state index in [1.165, 1.54) is 0 Å². The predicted octanol–water partition coefficient (Wildman–Crippen LogP) is 4.40. The average molecular weight is 444 g/mol. The van der Waals surface area contributed by atoms with Crippen molar-refractivity contribution in [3.05, 3.63) is 58.6 Å². The van der Waals surface area contributed by atoms with Crippen LogP contribution in [0.15, 0.2) is 47.4 Å². The molecule has 8 heteroatoms. The standard InChI is InChI=1S/C22H25N3O3S2/c1-15-8-9-16(2)20(14-15)30(26,27)25-12-10-17(11-13-25)21-23-24-22(29-21)18-6-4-5-7-19(18)28-3/h4-9,14,17H,10-13H2,1-3H3. The zero-order valence-corrected chi connectivity index (χ0v) is 19.0. The molecule has 158 valence electrons. The second kappa shape index (κ2) is 8.45. The van der Waals surface area contributed by atoms with Crippen LogP contribution in [0.25, 0.3) is 10.6 Å². The number of nitrogens with zero attached hydrogens (tertiary/aromatic N) is 3. The topological polar surface area (TPSA) is 72.4 Å². The maximum absolute atomic E-state index is 13.1. The molecule has 6 nitrogen and oxygen atoms in total. The smallest absolute Gasteiger partial charge is 0.243 e. The van der Waals surface area contributed by atoms with Gasteiger partial charge in [0.2, 0.25) is 10.0 Å². The van der Waals surface area contributed by atoms with Gasteiger partial charge in [0.25, 0.3) is 0 Å². The second-order valence-corrected chi connectivity index (χ2v) is 10.5. The monoisotopic (exact) mass is 443 g/mol. The Morgan fingerprint density at radius 2 is 1.80 bits per heavy atom. The maximum Gasteiger partial charge on any atom is 0.243 e. The molecule has 1 aromatic heterocycles. The van der Waals surface area contributed by atoms with Crippen LogP contribution >= 0.6 is 11.3 Å². The Morgan fingerprint density at radius 3 is 2.53 bits per heavy atom. The molecule has 1 aliphatic heterocycles. The fourth-order valence-corrected chi connectivity index (χ4v) is 6.62. The van der Waals surface area contributed by atoms with E-state index in [9.17, 15) is 8.42 Å². The number of aryl methyl sites for hydroxylation is 2. The number of rotatable bonds is 5. The Balaban J connectivity index is 1.49. The van der Waals surface area contributed by atoms with Gasteiger partial charge in [-0.2, -0.15) is 4.31 Å². The molecule has 0 saturated carbocycles. The van der Waals surface area contributed by atoms with E-state index in [0.29, 0.717) is 18.0 Å². The first-order chi connectivity index (χ1) is 14.4. The highest BCUT2D eigenvalue weighted by Gasteiger charge is 2.32. The first-order valence-electron chi connectivity index (χ1n) is 9.94. The highest BCUT2D eigenvalue weighted by molar-refractivity contribution is 7.89. The van der Waals surface area contributed by atoms with Crippen LogP contribution in [0.1, 0.15) is 34.9 Å². The van der Waals surface area contributed by atoms with Crippen molar-refractivity contribution < 1.29 is 13.2 Å². The molecule has 4 rings (SSSR count). The van der Waals surface area contributed by atoms with Gasteiger partial charge >= 0.3 is 0 Å². The van der Waals surface area contributed by atoms with Gasteiger partial charge < -0.3 is 4.74 Å². The van der Waals surface area contributed by atoms with E-state index in [-0.39, 0.29) is 5.92 Å². The number of para-hydroxylation sites is 1. The minimum absolute atomic E-state index is 0.219. The van der Waals surface area contributed by atoms with Gasteiger partial charge in [-0.25, -0.2) is 8.42 Å². The number of methoxy groups -OCH3 is 1. The number of hydrogen-bond donors (Lipinski definition) is 0. The number of piperidine rings is 1. The minimum Gasteiger partial charge on any atom is -0.496 e. The summed E-state index contributed by atoms with van der Waals surface area (Å²) in [4.78, 5) is 0.412. The molecule has 0 N–H and O–H groups in total. The maximum atomic E-state index is 13.1. The van der Waals surface area contributed by atoms with Crippen LogP contribution in [0.3, 0.4) is 0 Å². The molecule has 0 unspecified atom stereocenters. The summed E-state index contributed by atoms with van der Waals surface area (Å²) in [6.45, 7) is 4.74. The first-order valence-corrected chi connectivity index (χ1v) is 12.2. The van der Waals surface area contributed by atoms with Gasteiger partial charge in [0, 0.05) is 19.0 Å². The average Bonchev–Trinajstić information content (AvgIpc) is 3.25. The summed E-state index contributed by atoms with van der Waals surface area (Å²) in [5.74, 6) is 0.991. The van der Waals surface area contributed by atoms with Gasteiger partial charge in [0.05, 0.1) is 17.6 Å². The zero-order valence-electron chi connectivity index (χ0n) is 17.3. The van der Waals surface area contributed by atoms with Crippen molar-refractivity contribution in [3.8, 4) is 16.3 Å². The summed E-state index contributed by atoms with van der Waals surface area (Å²) in [7, 11) is -1.84. The molecule has 2 aromatic carbocycles. The molecule has 0 radical (unpaired) electrons. The lowest BCUT2D eigenvalue weighted by molar-refractivity contribution is 0.318. The number of hydrogen-bond acceptors (Lipinski definition) is 6. The van der Waals surface area contributed by atoms with Crippen LogP contribution in [0, 0.1) is 13.8 Å². The fourth-order valence-electron chi connectivity index (χ4n) is 3.80. The Kier molecular flexibility index (Phi) is 5.90. The largest absolute Gasteiger partial charge is 0.496 e. The minimum atomic E-state index is -3.48. The van der Waals surface area contributed by atoms with Gasteiger partial charge in [-0.05, 0) is 56.0 Å². The SMILES string of the molecule is COc1ccccc1-c1nnc(C2CCN(S(=O)(=O)c3cc(C)ccc3C)CC2)s1. The van der Waals surface area contributed by atoms with Crippen molar-refractivity contribution in [2.24, 2.45) is 0 Å². The number of sulfonamides is 1. The van der Waals surface area contributed by atoms with Crippen molar-refractivity contribution in [1.29, 1.82) is 0 Å². The highest BCUT2D eigenvalue weighted by atomic mass is 32.2. The van der Waals surface area contributed by atoms with Crippen molar-refractivity contribution in [2.75, 3.05) is 20.2 Å². The summed E-state index contributed by atoms with van der Waals surface area (Å²) in [5, 5.41) is 10.6. The van der Waals surface area contributed by atoms with Crippen molar-refractivity contribution >= 4 is 21.4 Å².